The lowest BCUT2D eigenvalue weighted by atomic mass is 9.79. The molecule has 0 radical (unpaired) electrons. The van der Waals surface area contributed by atoms with Gasteiger partial charge in [-0.05, 0) is 66.0 Å². The van der Waals surface area contributed by atoms with Crippen LogP contribution in [-0.2, 0) is 19.5 Å². The van der Waals surface area contributed by atoms with E-state index in [1.54, 1.807) is 14.2 Å². The first-order valence-corrected chi connectivity index (χ1v) is 18.9. The number of hydrogen-bond acceptors (Lipinski definition) is 7. The molecule has 1 fully saturated rings. The van der Waals surface area contributed by atoms with Crippen molar-refractivity contribution in [1.82, 2.24) is 9.55 Å². The van der Waals surface area contributed by atoms with Gasteiger partial charge < -0.3 is 23.4 Å². The lowest BCUT2D eigenvalue weighted by molar-refractivity contribution is -0.136. The van der Waals surface area contributed by atoms with E-state index >= 15 is 4.39 Å². The van der Waals surface area contributed by atoms with Crippen molar-refractivity contribution in [3.8, 4) is 11.5 Å². The summed E-state index contributed by atoms with van der Waals surface area (Å²) in [6.07, 6.45) is -4.66. The number of H-pyrrole nitrogens is 1. The van der Waals surface area contributed by atoms with Crippen molar-refractivity contribution in [3.63, 3.8) is 0 Å². The summed E-state index contributed by atoms with van der Waals surface area (Å²) in [7, 11) is 0.648. The van der Waals surface area contributed by atoms with Gasteiger partial charge in [0, 0.05) is 12.3 Å². The fourth-order valence-electron chi connectivity index (χ4n) is 5.90. The number of nitrogens with one attached hydrogen (secondary N) is 1. The molecule has 256 valence electrons. The van der Waals surface area contributed by atoms with Crippen molar-refractivity contribution in [1.29, 1.82) is 0 Å². The van der Waals surface area contributed by atoms with Crippen LogP contribution in [0, 0.1) is 0 Å². The van der Waals surface area contributed by atoms with E-state index in [0.717, 1.165) is 21.3 Å². The second-order valence-electron chi connectivity index (χ2n) is 13.6. The van der Waals surface area contributed by atoms with Gasteiger partial charge in [-0.1, -0.05) is 75.4 Å². The van der Waals surface area contributed by atoms with Gasteiger partial charge in [0.2, 0.25) is 0 Å². The molecule has 5 atom stereocenters. The molecule has 3 aromatic carbocycles. The maximum atomic E-state index is 16.8. The van der Waals surface area contributed by atoms with Crippen molar-refractivity contribution in [2.24, 2.45) is 0 Å². The molecule has 0 bridgehead atoms. The Morgan fingerprint density at radius 2 is 1.35 bits per heavy atom. The van der Waals surface area contributed by atoms with Crippen LogP contribution in [0.25, 0.3) is 0 Å². The fraction of sp³-hybridized carbons (Fsp3) is 0.405. The summed E-state index contributed by atoms with van der Waals surface area (Å²) in [6.45, 7) is 12.2. The zero-order chi connectivity index (χ0) is 34.9. The molecule has 0 spiro atoms. The van der Waals surface area contributed by atoms with Crippen molar-refractivity contribution in [2.45, 2.75) is 82.1 Å². The number of aromatic nitrogens is 2. The average Bonchev–Trinajstić information content (AvgIpc) is 3.38. The third kappa shape index (κ3) is 6.77. The van der Waals surface area contributed by atoms with Gasteiger partial charge in [-0.3, -0.25) is 14.3 Å². The second kappa shape index (κ2) is 13.8. The van der Waals surface area contributed by atoms with E-state index in [1.165, 1.54) is 12.3 Å². The normalized spacial score (nSPS) is 20.8. The number of benzene rings is 3. The predicted molar refractivity (Wildman–Crippen MR) is 185 cm³/mol. The summed E-state index contributed by atoms with van der Waals surface area (Å²) in [5.74, 6) is 1.36. The van der Waals surface area contributed by atoms with E-state index in [0.29, 0.717) is 11.5 Å². The van der Waals surface area contributed by atoms with Crippen molar-refractivity contribution in [3.05, 3.63) is 129 Å². The quantitative estimate of drug-likeness (QED) is 0.142. The van der Waals surface area contributed by atoms with E-state index in [4.69, 9.17) is 23.4 Å². The van der Waals surface area contributed by atoms with E-state index < -0.39 is 55.9 Å². The molecular weight excluding hydrogens is 631 g/mol. The van der Waals surface area contributed by atoms with Crippen LogP contribution in [0.1, 0.15) is 50.6 Å². The van der Waals surface area contributed by atoms with E-state index in [2.05, 4.69) is 25.8 Å². The zero-order valence-electron chi connectivity index (χ0n) is 28.7. The van der Waals surface area contributed by atoms with Gasteiger partial charge in [-0.2, -0.15) is 0 Å². The summed E-state index contributed by atoms with van der Waals surface area (Å²) in [5, 5.41) is -0.242. The van der Waals surface area contributed by atoms with Gasteiger partial charge in [0.05, 0.1) is 20.3 Å². The van der Waals surface area contributed by atoms with Crippen LogP contribution in [0.4, 0.5) is 4.39 Å². The van der Waals surface area contributed by atoms with Gasteiger partial charge in [0.25, 0.3) is 5.56 Å². The Balaban J connectivity index is 1.66. The molecule has 11 heteroatoms. The molecule has 1 aliphatic heterocycles. The SMILES string of the molecule is COc1ccc(C(O[C@H](C)C2O[C@@H](n3ccc(=O)[nH]c3=O)[C@H](F)[C@H]2O[Si](C)(C)C(C)(C)C)(c2ccccc2)c2ccc(OC)cc2)cc1. The fourth-order valence-corrected chi connectivity index (χ4v) is 7.20. The number of rotatable bonds is 11. The summed E-state index contributed by atoms with van der Waals surface area (Å²) >= 11 is 0. The van der Waals surface area contributed by atoms with Crippen LogP contribution in [0.2, 0.25) is 18.1 Å². The highest BCUT2D eigenvalue weighted by molar-refractivity contribution is 6.74. The molecule has 4 aromatic rings. The Bertz CT molecular complexity index is 1740. The second-order valence-corrected chi connectivity index (χ2v) is 18.4. The minimum atomic E-state index is -2.57. The van der Waals surface area contributed by atoms with Crippen molar-refractivity contribution >= 4 is 8.32 Å². The van der Waals surface area contributed by atoms with E-state index in [1.807, 2.05) is 98.9 Å². The molecule has 0 saturated carbocycles. The molecule has 1 N–H and O–H groups in total. The van der Waals surface area contributed by atoms with Gasteiger partial charge in [-0.15, -0.1) is 0 Å². The molecule has 1 aliphatic rings. The van der Waals surface area contributed by atoms with Gasteiger partial charge >= 0.3 is 5.69 Å². The van der Waals surface area contributed by atoms with E-state index in [9.17, 15) is 9.59 Å². The molecule has 48 heavy (non-hydrogen) atoms. The molecule has 9 nitrogen and oxygen atoms in total. The lowest BCUT2D eigenvalue weighted by Gasteiger charge is -2.42. The lowest BCUT2D eigenvalue weighted by Crippen LogP contribution is -2.51. The maximum Gasteiger partial charge on any atom is 0.330 e. The summed E-state index contributed by atoms with van der Waals surface area (Å²) in [4.78, 5) is 26.9. The molecule has 5 rings (SSSR count). The molecule has 2 heterocycles. The first kappa shape index (κ1) is 35.3. The predicted octanol–water partition coefficient (Wildman–Crippen LogP) is 6.58. The highest BCUT2D eigenvalue weighted by Gasteiger charge is 2.54. The third-order valence-electron chi connectivity index (χ3n) is 9.57. The molecule has 1 aromatic heterocycles. The number of alkyl halides is 1. The topological polar surface area (TPSA) is 101 Å². The Morgan fingerprint density at radius 3 is 1.83 bits per heavy atom. The molecular formula is C37H45FN2O7Si. The number of aromatic amines is 1. The Morgan fingerprint density at radius 1 is 0.833 bits per heavy atom. The Kier molecular flexibility index (Phi) is 10.2. The molecule has 1 saturated heterocycles. The summed E-state index contributed by atoms with van der Waals surface area (Å²) in [6, 6.07) is 26.2. The van der Waals surface area contributed by atoms with Gasteiger partial charge in [0.1, 0.15) is 29.3 Å². The number of hydrogen-bond donors (Lipinski definition) is 1. The van der Waals surface area contributed by atoms with Crippen LogP contribution in [0.5, 0.6) is 11.5 Å². The van der Waals surface area contributed by atoms with Crippen molar-refractivity contribution < 1.29 is 27.8 Å². The number of ether oxygens (including phenoxy) is 4. The minimum absolute atomic E-state index is 0.242. The van der Waals surface area contributed by atoms with Crippen LogP contribution in [-0.4, -0.2) is 56.6 Å². The Labute approximate surface area is 281 Å². The molecule has 0 aliphatic carbocycles. The highest BCUT2D eigenvalue weighted by Crippen LogP contribution is 2.47. The summed E-state index contributed by atoms with van der Waals surface area (Å²) in [5.41, 5.74) is -0.127. The number of halogens is 1. The average molecular weight is 677 g/mol. The van der Waals surface area contributed by atoms with Crippen LogP contribution in [0.15, 0.2) is 101 Å². The maximum absolute atomic E-state index is 16.8. The first-order chi connectivity index (χ1) is 22.7. The van der Waals surface area contributed by atoms with Crippen LogP contribution < -0.4 is 20.7 Å². The largest absolute Gasteiger partial charge is 0.497 e. The van der Waals surface area contributed by atoms with Gasteiger partial charge in [0.15, 0.2) is 20.7 Å². The zero-order valence-corrected chi connectivity index (χ0v) is 29.7. The monoisotopic (exact) mass is 676 g/mol. The molecule has 1 unspecified atom stereocenters. The smallest absolute Gasteiger partial charge is 0.330 e. The van der Waals surface area contributed by atoms with E-state index in [-0.39, 0.29) is 5.04 Å². The molecule has 0 amide bonds. The minimum Gasteiger partial charge on any atom is -0.497 e. The highest BCUT2D eigenvalue weighted by atomic mass is 28.4. The van der Waals surface area contributed by atoms with Gasteiger partial charge in [-0.25, -0.2) is 9.18 Å². The van der Waals surface area contributed by atoms with Crippen LogP contribution in [0.3, 0.4) is 0 Å². The number of methoxy groups -OCH3 is 2. The number of nitrogens with zero attached hydrogens (tertiary/aromatic N) is 1. The standard InChI is InChI=1S/C37H45FN2O7Si/c1-24(32-33(47-48(7,8)36(2,3)4)31(38)34(45-32)40-23-22-30(41)39-35(40)42)46-37(25-12-10-9-11-13-25,26-14-18-28(43-5)19-15-26)27-16-20-29(44-6)21-17-27/h9-24,31-34H,1-8H3,(H,39,41,42)/t24-,31-,32?,33-,34-/m1/s1. The summed E-state index contributed by atoms with van der Waals surface area (Å²) < 4.78 is 49.2. The van der Waals surface area contributed by atoms with Crippen molar-refractivity contribution in [2.75, 3.05) is 14.2 Å². The van der Waals surface area contributed by atoms with Crippen LogP contribution >= 0.6 is 0 Å². The third-order valence-corrected chi connectivity index (χ3v) is 14.0. The first-order valence-electron chi connectivity index (χ1n) is 16.0. The Hall–Kier alpha value is -4.03.